The summed E-state index contributed by atoms with van der Waals surface area (Å²) in [5.41, 5.74) is 0. The number of hydrogen-bond donors (Lipinski definition) is 2. The SMILES string of the molecule is CC(C)NCC(O)CN1CCCC1C(C)C. The fraction of sp³-hybridized carbons (Fsp3) is 1.00. The molecule has 3 nitrogen and oxygen atoms in total. The topological polar surface area (TPSA) is 35.5 Å². The van der Waals surface area contributed by atoms with E-state index in [9.17, 15) is 5.11 Å². The normalized spacial score (nSPS) is 24.6. The third-order valence-electron chi connectivity index (χ3n) is 3.39. The van der Waals surface area contributed by atoms with E-state index in [1.165, 1.54) is 12.8 Å². The van der Waals surface area contributed by atoms with Gasteiger partial charge in [0.2, 0.25) is 0 Å². The van der Waals surface area contributed by atoms with Crippen LogP contribution in [-0.4, -0.2) is 47.8 Å². The molecule has 1 aliphatic heterocycles. The molecule has 16 heavy (non-hydrogen) atoms. The Labute approximate surface area is 100 Å². The fourth-order valence-corrected chi connectivity index (χ4v) is 2.54. The van der Waals surface area contributed by atoms with Crippen LogP contribution in [0, 0.1) is 5.92 Å². The van der Waals surface area contributed by atoms with Crippen LogP contribution < -0.4 is 5.32 Å². The largest absolute Gasteiger partial charge is 0.390 e. The van der Waals surface area contributed by atoms with Gasteiger partial charge in [-0.25, -0.2) is 0 Å². The highest BCUT2D eigenvalue weighted by Gasteiger charge is 2.28. The number of rotatable bonds is 6. The average Bonchev–Trinajstić information content (AvgIpc) is 2.62. The average molecular weight is 228 g/mol. The highest BCUT2D eigenvalue weighted by Crippen LogP contribution is 2.23. The first-order chi connectivity index (χ1) is 7.50. The van der Waals surface area contributed by atoms with E-state index in [1.54, 1.807) is 0 Å². The molecule has 0 aromatic heterocycles. The van der Waals surface area contributed by atoms with Gasteiger partial charge in [0.1, 0.15) is 0 Å². The molecule has 1 aliphatic rings. The molecule has 1 saturated heterocycles. The molecule has 2 atom stereocenters. The van der Waals surface area contributed by atoms with Gasteiger partial charge in [0.25, 0.3) is 0 Å². The van der Waals surface area contributed by atoms with Crippen LogP contribution in [0.25, 0.3) is 0 Å². The Hall–Kier alpha value is -0.120. The zero-order chi connectivity index (χ0) is 12.1. The monoisotopic (exact) mass is 228 g/mol. The minimum Gasteiger partial charge on any atom is -0.390 e. The van der Waals surface area contributed by atoms with Gasteiger partial charge in [-0.1, -0.05) is 27.7 Å². The van der Waals surface area contributed by atoms with Crippen LogP contribution in [0.4, 0.5) is 0 Å². The van der Waals surface area contributed by atoms with E-state index in [2.05, 4.69) is 37.9 Å². The van der Waals surface area contributed by atoms with E-state index in [0.717, 1.165) is 13.1 Å². The zero-order valence-electron chi connectivity index (χ0n) is 11.2. The summed E-state index contributed by atoms with van der Waals surface area (Å²) in [5, 5.41) is 13.2. The third kappa shape index (κ3) is 4.40. The molecule has 0 aromatic rings. The van der Waals surface area contributed by atoms with Crippen molar-refractivity contribution in [2.24, 2.45) is 5.92 Å². The van der Waals surface area contributed by atoms with Crippen molar-refractivity contribution in [1.82, 2.24) is 10.2 Å². The predicted molar refractivity (Wildman–Crippen MR) is 68.6 cm³/mol. The summed E-state index contributed by atoms with van der Waals surface area (Å²) in [4.78, 5) is 2.46. The lowest BCUT2D eigenvalue weighted by atomic mass is 10.0. The number of hydrogen-bond acceptors (Lipinski definition) is 3. The maximum absolute atomic E-state index is 9.95. The van der Waals surface area contributed by atoms with Gasteiger partial charge >= 0.3 is 0 Å². The van der Waals surface area contributed by atoms with E-state index >= 15 is 0 Å². The van der Waals surface area contributed by atoms with Crippen LogP contribution in [0.2, 0.25) is 0 Å². The Balaban J connectivity index is 2.29. The Morgan fingerprint density at radius 3 is 2.56 bits per heavy atom. The highest BCUT2D eigenvalue weighted by atomic mass is 16.3. The molecule has 1 rings (SSSR count). The molecule has 0 saturated carbocycles. The maximum Gasteiger partial charge on any atom is 0.0791 e. The minimum atomic E-state index is -0.234. The number of nitrogens with one attached hydrogen (secondary N) is 1. The van der Waals surface area contributed by atoms with Gasteiger partial charge in [0.15, 0.2) is 0 Å². The standard InChI is InChI=1S/C13H28N2O/c1-10(2)13-6-5-7-15(13)9-12(16)8-14-11(3)4/h10-14,16H,5-9H2,1-4H3. The van der Waals surface area contributed by atoms with Crippen molar-refractivity contribution in [1.29, 1.82) is 0 Å². The second kappa shape index (κ2) is 6.58. The molecule has 2 N–H and O–H groups in total. The molecule has 1 heterocycles. The summed E-state index contributed by atoms with van der Waals surface area (Å²) < 4.78 is 0. The van der Waals surface area contributed by atoms with Gasteiger partial charge in [0.05, 0.1) is 6.10 Å². The summed E-state index contributed by atoms with van der Waals surface area (Å²) in [7, 11) is 0. The van der Waals surface area contributed by atoms with Crippen LogP contribution in [0.5, 0.6) is 0 Å². The van der Waals surface area contributed by atoms with E-state index in [1.807, 2.05) is 0 Å². The van der Waals surface area contributed by atoms with Gasteiger partial charge in [-0.15, -0.1) is 0 Å². The summed E-state index contributed by atoms with van der Waals surface area (Å²) in [6.45, 7) is 11.5. The van der Waals surface area contributed by atoms with E-state index in [-0.39, 0.29) is 6.10 Å². The lowest BCUT2D eigenvalue weighted by Gasteiger charge is -2.29. The van der Waals surface area contributed by atoms with Gasteiger partial charge in [-0.3, -0.25) is 4.90 Å². The summed E-state index contributed by atoms with van der Waals surface area (Å²) in [6, 6.07) is 1.13. The molecule has 0 radical (unpaired) electrons. The van der Waals surface area contributed by atoms with Crippen LogP contribution in [0.15, 0.2) is 0 Å². The van der Waals surface area contributed by atoms with Gasteiger partial charge in [-0.05, 0) is 25.3 Å². The first-order valence-electron chi connectivity index (χ1n) is 6.66. The van der Waals surface area contributed by atoms with Crippen molar-refractivity contribution < 1.29 is 5.11 Å². The molecule has 0 aliphatic carbocycles. The van der Waals surface area contributed by atoms with Crippen LogP contribution in [-0.2, 0) is 0 Å². The van der Waals surface area contributed by atoms with Crippen LogP contribution in [0.3, 0.4) is 0 Å². The summed E-state index contributed by atoms with van der Waals surface area (Å²) in [6.07, 6.45) is 2.34. The molecule has 0 aromatic carbocycles. The fourth-order valence-electron chi connectivity index (χ4n) is 2.54. The smallest absolute Gasteiger partial charge is 0.0791 e. The predicted octanol–water partition coefficient (Wildman–Crippen LogP) is 1.47. The molecule has 1 fully saturated rings. The van der Waals surface area contributed by atoms with Gasteiger partial charge < -0.3 is 10.4 Å². The number of likely N-dealkylation sites (tertiary alicyclic amines) is 1. The summed E-state index contributed by atoms with van der Waals surface area (Å²) >= 11 is 0. The number of nitrogens with zero attached hydrogens (tertiary/aromatic N) is 1. The van der Waals surface area contributed by atoms with Crippen LogP contribution >= 0.6 is 0 Å². The van der Waals surface area contributed by atoms with E-state index in [0.29, 0.717) is 24.5 Å². The van der Waals surface area contributed by atoms with Crippen molar-refractivity contribution in [3.63, 3.8) is 0 Å². The Bertz CT molecular complexity index is 194. The Morgan fingerprint density at radius 1 is 1.31 bits per heavy atom. The second-order valence-electron chi connectivity index (χ2n) is 5.67. The molecule has 0 spiro atoms. The lowest BCUT2D eigenvalue weighted by molar-refractivity contribution is 0.0917. The Kier molecular flexibility index (Phi) is 5.73. The molecule has 96 valence electrons. The first-order valence-corrected chi connectivity index (χ1v) is 6.66. The van der Waals surface area contributed by atoms with Crippen molar-refractivity contribution in [3.05, 3.63) is 0 Å². The second-order valence-corrected chi connectivity index (χ2v) is 5.67. The lowest BCUT2D eigenvalue weighted by Crippen LogP contribution is -2.43. The van der Waals surface area contributed by atoms with Crippen molar-refractivity contribution in [2.75, 3.05) is 19.6 Å². The van der Waals surface area contributed by atoms with E-state index in [4.69, 9.17) is 0 Å². The molecular weight excluding hydrogens is 200 g/mol. The highest BCUT2D eigenvalue weighted by molar-refractivity contribution is 4.83. The zero-order valence-corrected chi connectivity index (χ0v) is 11.2. The quantitative estimate of drug-likeness (QED) is 0.722. The number of β-amino-alcohol motifs (C(OH)–C–C–N with tert-alkyl or cyclic N) is 1. The van der Waals surface area contributed by atoms with Crippen molar-refractivity contribution in [2.45, 2.75) is 58.7 Å². The molecule has 3 heteroatoms. The van der Waals surface area contributed by atoms with Gasteiger partial charge in [-0.2, -0.15) is 0 Å². The first kappa shape index (κ1) is 13.9. The summed E-state index contributed by atoms with van der Waals surface area (Å²) in [5.74, 6) is 0.702. The van der Waals surface area contributed by atoms with Crippen LogP contribution in [0.1, 0.15) is 40.5 Å². The number of aliphatic hydroxyl groups excluding tert-OH is 1. The minimum absolute atomic E-state index is 0.234. The van der Waals surface area contributed by atoms with E-state index < -0.39 is 0 Å². The third-order valence-corrected chi connectivity index (χ3v) is 3.39. The molecule has 0 bridgehead atoms. The molecule has 2 unspecified atom stereocenters. The molecule has 0 amide bonds. The molecular formula is C13H28N2O. The van der Waals surface area contributed by atoms with Gasteiger partial charge in [0, 0.05) is 25.2 Å². The van der Waals surface area contributed by atoms with Crippen molar-refractivity contribution >= 4 is 0 Å². The van der Waals surface area contributed by atoms with Crippen molar-refractivity contribution in [3.8, 4) is 0 Å². The number of aliphatic hydroxyl groups is 1. The Morgan fingerprint density at radius 2 is 2.00 bits per heavy atom. The maximum atomic E-state index is 9.95.